The molecule has 2 aromatic heterocycles. The summed E-state index contributed by atoms with van der Waals surface area (Å²) >= 11 is 4.71. The number of nitro benzene ring substituents is 1. The van der Waals surface area contributed by atoms with Gasteiger partial charge >= 0.3 is 5.69 Å². The number of fused-ring (bicyclic) bond motifs is 1. The number of carbonyl (C=O) groups is 1. The predicted molar refractivity (Wildman–Crippen MR) is 139 cm³/mol. The minimum absolute atomic E-state index is 0.147. The molecule has 0 saturated carbocycles. The van der Waals surface area contributed by atoms with E-state index in [0.717, 1.165) is 29.7 Å². The molecular formula is C25H26BrN3O5S. The molecule has 0 fully saturated rings. The number of amides is 1. The number of carbonyl (C=O) groups excluding carboxylic acids is 1. The Bertz CT molecular complexity index is 1290. The molecule has 3 aromatic rings. The van der Waals surface area contributed by atoms with E-state index in [9.17, 15) is 20.0 Å². The van der Waals surface area contributed by atoms with Gasteiger partial charge in [-0.2, -0.15) is 0 Å². The number of phenolic OH excluding ortho intramolecular Hbond substituents is 1. The first-order valence-electron chi connectivity index (χ1n) is 11.2. The van der Waals surface area contributed by atoms with Crippen LogP contribution in [0.3, 0.4) is 0 Å². The van der Waals surface area contributed by atoms with Gasteiger partial charge in [-0.15, -0.1) is 11.3 Å². The maximum Gasteiger partial charge on any atom is 0.312 e. The summed E-state index contributed by atoms with van der Waals surface area (Å²) in [6, 6.07) is 6.33. The van der Waals surface area contributed by atoms with Crippen molar-refractivity contribution < 1.29 is 19.2 Å². The Morgan fingerprint density at radius 1 is 1.43 bits per heavy atom. The maximum absolute atomic E-state index is 13.3. The molecule has 0 saturated heterocycles. The summed E-state index contributed by atoms with van der Waals surface area (Å²) < 4.78 is 5.77. The third-order valence-corrected chi connectivity index (χ3v) is 7.92. The number of phenols is 1. The zero-order chi connectivity index (χ0) is 25.3. The van der Waals surface area contributed by atoms with E-state index in [1.165, 1.54) is 23.6 Å². The van der Waals surface area contributed by atoms with Crippen molar-refractivity contribution in [2.45, 2.75) is 46.6 Å². The lowest BCUT2D eigenvalue weighted by molar-refractivity contribution is -0.385. The van der Waals surface area contributed by atoms with Crippen LogP contribution >= 0.6 is 27.3 Å². The van der Waals surface area contributed by atoms with Crippen LogP contribution in [0.15, 0.2) is 44.4 Å². The van der Waals surface area contributed by atoms with Gasteiger partial charge in [-0.05, 0) is 54.4 Å². The highest BCUT2D eigenvalue weighted by atomic mass is 79.9. The molecule has 4 rings (SSSR count). The van der Waals surface area contributed by atoms with Crippen molar-refractivity contribution in [2.75, 3.05) is 0 Å². The van der Waals surface area contributed by atoms with E-state index in [1.54, 1.807) is 24.5 Å². The summed E-state index contributed by atoms with van der Waals surface area (Å²) in [5, 5.41) is 25.1. The van der Waals surface area contributed by atoms with Crippen LogP contribution in [-0.4, -0.2) is 22.2 Å². The Hall–Kier alpha value is -2.98. The van der Waals surface area contributed by atoms with E-state index in [2.05, 4.69) is 47.0 Å². The Kier molecular flexibility index (Phi) is 7.14. The zero-order valence-electron chi connectivity index (χ0n) is 19.6. The number of nitro groups is 1. The fourth-order valence-corrected chi connectivity index (χ4v) is 6.01. The van der Waals surface area contributed by atoms with Gasteiger partial charge in [0.15, 0.2) is 0 Å². The van der Waals surface area contributed by atoms with Crippen LogP contribution in [0.25, 0.3) is 0 Å². The maximum atomic E-state index is 13.3. The Morgan fingerprint density at radius 3 is 2.86 bits per heavy atom. The zero-order valence-corrected chi connectivity index (χ0v) is 22.0. The first-order chi connectivity index (χ1) is 16.5. The second-order valence-electron chi connectivity index (χ2n) is 9.63. The van der Waals surface area contributed by atoms with Crippen LogP contribution in [0.1, 0.15) is 59.3 Å². The third kappa shape index (κ3) is 5.48. The molecule has 184 valence electrons. The summed E-state index contributed by atoms with van der Waals surface area (Å²) in [7, 11) is 0. The summed E-state index contributed by atoms with van der Waals surface area (Å²) in [5.74, 6) is 0.414. The molecule has 2 N–H and O–H groups in total. The largest absolute Gasteiger partial charge is 0.502 e. The smallest absolute Gasteiger partial charge is 0.312 e. The minimum atomic E-state index is -0.651. The fourth-order valence-electron chi connectivity index (χ4n) is 4.28. The molecule has 0 radical (unpaired) electrons. The second-order valence-corrected chi connectivity index (χ2v) is 11.6. The van der Waals surface area contributed by atoms with Crippen LogP contribution in [0, 0.1) is 21.4 Å². The summed E-state index contributed by atoms with van der Waals surface area (Å²) in [4.78, 5) is 29.6. The number of hydrogen-bond acceptors (Lipinski definition) is 7. The number of benzene rings is 1. The Balaban J connectivity index is 1.71. The Morgan fingerprint density at radius 2 is 2.20 bits per heavy atom. The molecule has 1 amide bonds. The van der Waals surface area contributed by atoms with Gasteiger partial charge in [-0.1, -0.05) is 36.7 Å². The van der Waals surface area contributed by atoms with E-state index < -0.39 is 16.4 Å². The molecule has 0 aliphatic heterocycles. The van der Waals surface area contributed by atoms with Gasteiger partial charge in [0.2, 0.25) is 5.75 Å². The number of furan rings is 1. The van der Waals surface area contributed by atoms with Gasteiger partial charge in [-0.3, -0.25) is 14.9 Å². The third-order valence-electron chi connectivity index (χ3n) is 6.30. The van der Waals surface area contributed by atoms with E-state index in [4.69, 9.17) is 4.42 Å². The molecule has 8 nitrogen and oxygen atoms in total. The van der Waals surface area contributed by atoms with Crippen molar-refractivity contribution in [2.24, 2.45) is 16.3 Å². The van der Waals surface area contributed by atoms with Gasteiger partial charge in [-0.25, -0.2) is 4.99 Å². The lowest BCUT2D eigenvalue weighted by Gasteiger charge is -2.33. The van der Waals surface area contributed by atoms with Crippen LogP contribution in [0.5, 0.6) is 5.75 Å². The van der Waals surface area contributed by atoms with Crippen molar-refractivity contribution in [3.05, 3.63) is 72.4 Å². The van der Waals surface area contributed by atoms with Crippen molar-refractivity contribution in [3.63, 3.8) is 0 Å². The van der Waals surface area contributed by atoms with Gasteiger partial charge in [0.25, 0.3) is 5.91 Å². The van der Waals surface area contributed by atoms with Gasteiger partial charge in [0.1, 0.15) is 10.8 Å². The van der Waals surface area contributed by atoms with Gasteiger partial charge in [0, 0.05) is 27.2 Å². The van der Waals surface area contributed by atoms with Crippen LogP contribution in [0.4, 0.5) is 10.7 Å². The molecule has 35 heavy (non-hydrogen) atoms. The number of halogens is 1. The number of thiophene rings is 1. The molecule has 1 aliphatic rings. The lowest BCUT2D eigenvalue weighted by Crippen LogP contribution is -2.28. The van der Waals surface area contributed by atoms with Crippen molar-refractivity contribution in [1.82, 2.24) is 5.32 Å². The van der Waals surface area contributed by atoms with E-state index >= 15 is 0 Å². The second kappa shape index (κ2) is 9.94. The molecule has 1 aromatic carbocycles. The highest BCUT2D eigenvalue weighted by Crippen LogP contribution is 2.45. The number of aliphatic imine (C=N–C) groups is 1. The topological polar surface area (TPSA) is 118 Å². The summed E-state index contributed by atoms with van der Waals surface area (Å²) in [6.45, 7) is 6.95. The average molecular weight is 560 g/mol. The first-order valence-corrected chi connectivity index (χ1v) is 12.8. The van der Waals surface area contributed by atoms with Crippen LogP contribution < -0.4 is 5.32 Å². The molecular weight excluding hydrogens is 534 g/mol. The SMILES string of the molecule is CC(C)(C)[C@H]1CCc2c(sc(N=Cc3cc(Br)cc([N+](=O)[O-])c3O)c2C(=O)NCc2ccco2)C1. The average Bonchev–Trinajstić information content (AvgIpc) is 3.44. The lowest BCUT2D eigenvalue weighted by atomic mass is 9.72. The number of nitrogens with one attached hydrogen (secondary N) is 1. The standard InChI is InChI=1S/C25H26BrN3O5S/c1-25(2,3)15-6-7-18-20(10-15)35-24(21(18)23(31)27-13-17-5-4-8-34-17)28-12-14-9-16(26)11-19(22(14)30)29(32)33/h4-5,8-9,11-12,15,30H,6-7,10,13H2,1-3H3,(H,27,31)/t15-/m0/s1. The van der Waals surface area contributed by atoms with Crippen molar-refractivity contribution >= 4 is 50.1 Å². The molecule has 1 aliphatic carbocycles. The van der Waals surface area contributed by atoms with E-state index in [-0.39, 0.29) is 23.4 Å². The molecule has 0 unspecified atom stereocenters. The highest BCUT2D eigenvalue weighted by molar-refractivity contribution is 9.10. The predicted octanol–water partition coefficient (Wildman–Crippen LogP) is 6.55. The fraction of sp³-hybridized carbons (Fsp3) is 0.360. The van der Waals surface area contributed by atoms with Crippen LogP contribution in [-0.2, 0) is 19.4 Å². The number of rotatable bonds is 6. The molecule has 1 atom stereocenters. The molecule has 0 spiro atoms. The monoisotopic (exact) mass is 559 g/mol. The van der Waals surface area contributed by atoms with Crippen molar-refractivity contribution in [1.29, 1.82) is 0 Å². The molecule has 2 heterocycles. The Labute approximate surface area is 215 Å². The van der Waals surface area contributed by atoms with Gasteiger partial charge < -0.3 is 14.8 Å². The number of aromatic hydroxyl groups is 1. The van der Waals surface area contributed by atoms with Gasteiger partial charge in [0.05, 0.1) is 23.3 Å². The highest BCUT2D eigenvalue weighted by Gasteiger charge is 2.33. The number of hydrogen-bond donors (Lipinski definition) is 2. The molecule has 0 bridgehead atoms. The summed E-state index contributed by atoms with van der Waals surface area (Å²) in [6.07, 6.45) is 5.55. The van der Waals surface area contributed by atoms with Crippen LogP contribution in [0.2, 0.25) is 0 Å². The first kappa shape index (κ1) is 25.1. The summed E-state index contributed by atoms with van der Waals surface area (Å²) in [5.41, 5.74) is 1.43. The van der Waals surface area contributed by atoms with Crippen molar-refractivity contribution in [3.8, 4) is 5.75 Å². The molecule has 10 heteroatoms. The van der Waals surface area contributed by atoms with E-state index in [0.29, 0.717) is 26.7 Å². The normalized spacial score (nSPS) is 15.8. The minimum Gasteiger partial charge on any atom is -0.502 e. The van der Waals surface area contributed by atoms with E-state index in [1.807, 2.05) is 0 Å². The quantitative estimate of drug-likeness (QED) is 0.201. The number of nitrogens with zero attached hydrogens (tertiary/aromatic N) is 2.